The Morgan fingerprint density at radius 1 is 1.39 bits per heavy atom. The summed E-state index contributed by atoms with van der Waals surface area (Å²) in [6.45, 7) is 4.55. The standard InChI is InChI=1S/C16H22ClN5O/c1-4-7-14-20-15(16(23)19-10-11(2)18-3)21-22(14)13-9-6-5-8-12(13)17/h5-6,8-9,11,18H,4,7,10H2,1-3H3,(H,19,23). The lowest BCUT2D eigenvalue weighted by Crippen LogP contribution is -2.37. The summed E-state index contributed by atoms with van der Waals surface area (Å²) in [5.74, 6) is 0.611. The van der Waals surface area contributed by atoms with Crippen molar-refractivity contribution in [2.24, 2.45) is 0 Å². The van der Waals surface area contributed by atoms with Crippen LogP contribution < -0.4 is 10.6 Å². The van der Waals surface area contributed by atoms with Crippen LogP contribution in [0, 0.1) is 0 Å². The van der Waals surface area contributed by atoms with Crippen LogP contribution in [0.25, 0.3) is 5.69 Å². The zero-order valence-corrected chi connectivity index (χ0v) is 14.4. The van der Waals surface area contributed by atoms with Crippen molar-refractivity contribution in [2.75, 3.05) is 13.6 Å². The predicted octanol–water partition coefficient (Wildman–Crippen LogP) is 2.21. The first-order chi connectivity index (χ1) is 11.1. The first kappa shape index (κ1) is 17.4. The molecule has 2 aromatic rings. The Bertz CT molecular complexity index is 670. The van der Waals surface area contributed by atoms with Gasteiger partial charge in [0.05, 0.1) is 10.7 Å². The lowest BCUT2D eigenvalue weighted by Gasteiger charge is -2.09. The molecule has 0 radical (unpaired) electrons. The maximum absolute atomic E-state index is 12.2. The Kier molecular flexibility index (Phi) is 6.12. The summed E-state index contributed by atoms with van der Waals surface area (Å²) >= 11 is 6.24. The van der Waals surface area contributed by atoms with Crippen molar-refractivity contribution in [3.63, 3.8) is 0 Å². The first-order valence-corrected chi connectivity index (χ1v) is 8.10. The quantitative estimate of drug-likeness (QED) is 0.813. The van der Waals surface area contributed by atoms with Gasteiger partial charge in [-0.2, -0.15) is 0 Å². The van der Waals surface area contributed by atoms with E-state index < -0.39 is 0 Å². The van der Waals surface area contributed by atoms with Gasteiger partial charge in [0.2, 0.25) is 5.82 Å². The molecule has 0 fully saturated rings. The van der Waals surface area contributed by atoms with Gasteiger partial charge in [-0.15, -0.1) is 5.10 Å². The minimum absolute atomic E-state index is 0.164. The Balaban J connectivity index is 2.28. The maximum Gasteiger partial charge on any atom is 0.291 e. The lowest BCUT2D eigenvalue weighted by atomic mass is 10.3. The highest BCUT2D eigenvalue weighted by Crippen LogP contribution is 2.21. The maximum atomic E-state index is 12.2. The van der Waals surface area contributed by atoms with Crippen molar-refractivity contribution < 1.29 is 4.79 Å². The molecule has 2 rings (SSSR count). The summed E-state index contributed by atoms with van der Waals surface area (Å²) in [4.78, 5) is 16.6. The number of aromatic nitrogens is 3. The summed E-state index contributed by atoms with van der Waals surface area (Å²) < 4.78 is 1.66. The summed E-state index contributed by atoms with van der Waals surface area (Å²) in [6, 6.07) is 7.57. The molecular formula is C16H22ClN5O. The summed E-state index contributed by atoms with van der Waals surface area (Å²) in [5, 5.41) is 10.8. The first-order valence-electron chi connectivity index (χ1n) is 7.73. The number of para-hydroxylation sites is 1. The lowest BCUT2D eigenvalue weighted by molar-refractivity contribution is 0.0940. The van der Waals surface area contributed by atoms with Crippen LogP contribution in [0.5, 0.6) is 0 Å². The SMILES string of the molecule is CCCc1nc(C(=O)NCC(C)NC)nn1-c1ccccc1Cl. The highest BCUT2D eigenvalue weighted by molar-refractivity contribution is 6.32. The van der Waals surface area contributed by atoms with Gasteiger partial charge in [0.1, 0.15) is 5.82 Å². The Hall–Kier alpha value is -1.92. The average molecular weight is 336 g/mol. The van der Waals surface area contributed by atoms with Gasteiger partial charge in [0, 0.05) is 19.0 Å². The van der Waals surface area contributed by atoms with E-state index in [2.05, 4.69) is 27.6 Å². The molecule has 0 aliphatic rings. The summed E-state index contributed by atoms with van der Waals surface area (Å²) in [6.07, 6.45) is 1.62. The number of carbonyl (C=O) groups excluding carboxylic acids is 1. The summed E-state index contributed by atoms with van der Waals surface area (Å²) in [5.41, 5.74) is 0.729. The highest BCUT2D eigenvalue weighted by Gasteiger charge is 2.18. The number of likely N-dealkylation sites (N-methyl/N-ethyl adjacent to an activating group) is 1. The molecule has 1 unspecified atom stereocenters. The van der Waals surface area contributed by atoms with Crippen LogP contribution in [0.2, 0.25) is 5.02 Å². The van der Waals surface area contributed by atoms with Gasteiger partial charge in [-0.05, 0) is 32.5 Å². The largest absolute Gasteiger partial charge is 0.348 e. The van der Waals surface area contributed by atoms with Crippen molar-refractivity contribution in [1.29, 1.82) is 0 Å². The third-order valence-corrected chi connectivity index (χ3v) is 3.81. The topological polar surface area (TPSA) is 71.8 Å². The van der Waals surface area contributed by atoms with Crippen LogP contribution in [0.15, 0.2) is 24.3 Å². The number of carbonyl (C=O) groups is 1. The molecule has 0 aliphatic carbocycles. The van der Waals surface area contributed by atoms with Crippen molar-refractivity contribution in [3.8, 4) is 5.69 Å². The van der Waals surface area contributed by atoms with Crippen LogP contribution >= 0.6 is 11.6 Å². The van der Waals surface area contributed by atoms with Gasteiger partial charge in [-0.25, -0.2) is 9.67 Å². The Labute approximate surface area is 141 Å². The van der Waals surface area contributed by atoms with Crippen molar-refractivity contribution in [1.82, 2.24) is 25.4 Å². The molecule has 1 atom stereocenters. The number of hydrogen-bond donors (Lipinski definition) is 2. The molecule has 1 aromatic heterocycles. The minimum Gasteiger partial charge on any atom is -0.348 e. The summed E-state index contributed by atoms with van der Waals surface area (Å²) in [7, 11) is 1.85. The second-order valence-electron chi connectivity index (χ2n) is 5.36. The molecule has 2 N–H and O–H groups in total. The normalized spacial score (nSPS) is 12.2. The van der Waals surface area contributed by atoms with Gasteiger partial charge >= 0.3 is 0 Å². The third-order valence-electron chi connectivity index (χ3n) is 3.49. The number of rotatable bonds is 7. The van der Waals surface area contributed by atoms with Gasteiger partial charge in [0.15, 0.2) is 0 Å². The predicted molar refractivity (Wildman–Crippen MR) is 91.2 cm³/mol. The molecule has 0 aliphatic heterocycles. The number of nitrogens with one attached hydrogen (secondary N) is 2. The zero-order valence-electron chi connectivity index (χ0n) is 13.6. The van der Waals surface area contributed by atoms with E-state index in [9.17, 15) is 4.79 Å². The van der Waals surface area contributed by atoms with Crippen molar-refractivity contribution in [2.45, 2.75) is 32.7 Å². The van der Waals surface area contributed by atoms with E-state index in [-0.39, 0.29) is 17.8 Å². The smallest absolute Gasteiger partial charge is 0.291 e. The molecule has 124 valence electrons. The van der Waals surface area contributed by atoms with E-state index >= 15 is 0 Å². The molecule has 6 nitrogen and oxygen atoms in total. The number of halogens is 1. The zero-order chi connectivity index (χ0) is 16.8. The molecule has 0 saturated carbocycles. The number of benzene rings is 1. The molecule has 0 spiro atoms. The van der Waals surface area contributed by atoms with Gasteiger partial charge in [0.25, 0.3) is 5.91 Å². The van der Waals surface area contributed by atoms with E-state index in [0.717, 1.165) is 24.4 Å². The molecule has 7 heteroatoms. The molecule has 1 heterocycles. The van der Waals surface area contributed by atoms with Crippen LogP contribution in [-0.4, -0.2) is 40.3 Å². The number of nitrogens with zero attached hydrogens (tertiary/aromatic N) is 3. The second-order valence-corrected chi connectivity index (χ2v) is 5.77. The van der Waals surface area contributed by atoms with Crippen LogP contribution in [0.4, 0.5) is 0 Å². The minimum atomic E-state index is -0.282. The van der Waals surface area contributed by atoms with Gasteiger partial charge in [-0.1, -0.05) is 30.7 Å². The average Bonchev–Trinajstić information content (AvgIpc) is 2.97. The fraction of sp³-hybridized carbons (Fsp3) is 0.438. The van der Waals surface area contributed by atoms with Crippen molar-refractivity contribution >= 4 is 17.5 Å². The van der Waals surface area contributed by atoms with Gasteiger partial charge in [-0.3, -0.25) is 4.79 Å². The fourth-order valence-electron chi connectivity index (χ4n) is 2.07. The van der Waals surface area contributed by atoms with E-state index in [1.54, 1.807) is 10.7 Å². The second kappa shape index (κ2) is 8.08. The van der Waals surface area contributed by atoms with E-state index in [0.29, 0.717) is 11.6 Å². The van der Waals surface area contributed by atoms with Crippen LogP contribution in [0.1, 0.15) is 36.7 Å². The fourth-order valence-corrected chi connectivity index (χ4v) is 2.29. The molecule has 23 heavy (non-hydrogen) atoms. The molecular weight excluding hydrogens is 314 g/mol. The Morgan fingerprint density at radius 3 is 2.78 bits per heavy atom. The molecule has 1 amide bonds. The molecule has 0 bridgehead atoms. The van der Waals surface area contributed by atoms with Gasteiger partial charge < -0.3 is 10.6 Å². The van der Waals surface area contributed by atoms with E-state index in [4.69, 9.17) is 11.6 Å². The monoisotopic (exact) mass is 335 g/mol. The molecule has 1 aromatic carbocycles. The van der Waals surface area contributed by atoms with Crippen LogP contribution in [0.3, 0.4) is 0 Å². The van der Waals surface area contributed by atoms with E-state index in [1.807, 2.05) is 32.2 Å². The molecule has 0 saturated heterocycles. The highest BCUT2D eigenvalue weighted by atomic mass is 35.5. The van der Waals surface area contributed by atoms with Crippen molar-refractivity contribution in [3.05, 3.63) is 40.9 Å². The van der Waals surface area contributed by atoms with Crippen LogP contribution in [-0.2, 0) is 6.42 Å². The third kappa shape index (κ3) is 4.30. The number of hydrogen-bond acceptors (Lipinski definition) is 4. The van der Waals surface area contributed by atoms with E-state index in [1.165, 1.54) is 0 Å². The Morgan fingerprint density at radius 2 is 2.13 bits per heavy atom. The number of aryl methyl sites for hydroxylation is 1. The number of amides is 1.